The van der Waals surface area contributed by atoms with E-state index in [0.29, 0.717) is 0 Å². The van der Waals surface area contributed by atoms with E-state index in [1.807, 2.05) is 0 Å². The molecular weight excluding hydrogens is 285 g/mol. The van der Waals surface area contributed by atoms with Crippen molar-refractivity contribution in [3.05, 3.63) is 48.5 Å². The van der Waals surface area contributed by atoms with Crippen molar-refractivity contribution in [2.24, 2.45) is 0 Å². The molecule has 0 unspecified atom stereocenters. The van der Waals surface area contributed by atoms with Gasteiger partial charge in [0.15, 0.2) is 0 Å². The maximum Gasteiger partial charge on any atom is 0.0440 e. The van der Waals surface area contributed by atoms with Gasteiger partial charge in [0, 0.05) is 25.3 Å². The van der Waals surface area contributed by atoms with E-state index < -0.39 is 0 Å². The minimum atomic E-state index is -0.0572. The summed E-state index contributed by atoms with van der Waals surface area (Å²) < 4.78 is 0. The minimum Gasteiger partial charge on any atom is -0.377 e. The number of hydrogen-bond acceptors (Lipinski definition) is 1. The summed E-state index contributed by atoms with van der Waals surface area (Å²) in [6, 6.07) is 17.9. The lowest BCUT2D eigenvalue weighted by Gasteiger charge is -2.26. The Bertz CT molecular complexity index is 640. The topological polar surface area (TPSA) is 3.24 Å². The van der Waals surface area contributed by atoms with Gasteiger partial charge in [0.2, 0.25) is 0 Å². The van der Waals surface area contributed by atoms with Gasteiger partial charge in [-0.15, -0.1) is 0 Å². The van der Waals surface area contributed by atoms with E-state index in [4.69, 9.17) is 0 Å². The van der Waals surface area contributed by atoms with Crippen molar-refractivity contribution in [3.8, 4) is 11.1 Å². The molecule has 2 heteroatoms. The standard InChI is InChI=1S/C20H26NP/c1-15-13-14-16(2)22(15)20-12-8-6-10-18(20)17-9-5-7-11-19(17)21(3)4/h5-12,15-16H,13-14H2,1-4H3/t15-,16-/m0/s1. The smallest absolute Gasteiger partial charge is 0.0440 e. The first kappa shape index (κ1) is 15.6. The zero-order valence-corrected chi connectivity index (χ0v) is 15.0. The van der Waals surface area contributed by atoms with Crippen molar-refractivity contribution in [3.63, 3.8) is 0 Å². The van der Waals surface area contributed by atoms with Gasteiger partial charge in [-0.1, -0.05) is 64.2 Å². The molecule has 1 saturated heterocycles. The first-order valence-electron chi connectivity index (χ1n) is 8.23. The second-order valence-electron chi connectivity index (χ2n) is 6.61. The third-order valence-electron chi connectivity index (χ3n) is 4.81. The quantitative estimate of drug-likeness (QED) is 0.713. The first-order valence-corrected chi connectivity index (χ1v) is 9.71. The van der Waals surface area contributed by atoms with Crippen LogP contribution in [0.5, 0.6) is 0 Å². The predicted octanol–water partition coefficient (Wildman–Crippen LogP) is 5.10. The van der Waals surface area contributed by atoms with Gasteiger partial charge in [-0.2, -0.15) is 0 Å². The Labute approximate surface area is 136 Å². The monoisotopic (exact) mass is 311 g/mol. The third-order valence-corrected chi connectivity index (χ3v) is 8.17. The molecule has 1 heterocycles. The molecule has 1 aliphatic rings. The Morgan fingerprint density at radius 3 is 2.00 bits per heavy atom. The van der Waals surface area contributed by atoms with Crippen molar-refractivity contribution in [2.75, 3.05) is 19.0 Å². The highest BCUT2D eigenvalue weighted by Crippen LogP contribution is 2.55. The van der Waals surface area contributed by atoms with Crippen molar-refractivity contribution in [1.82, 2.24) is 0 Å². The molecule has 0 radical (unpaired) electrons. The molecule has 22 heavy (non-hydrogen) atoms. The Morgan fingerprint density at radius 1 is 0.818 bits per heavy atom. The highest BCUT2D eigenvalue weighted by molar-refractivity contribution is 7.67. The third kappa shape index (κ3) is 2.79. The van der Waals surface area contributed by atoms with Crippen LogP contribution in [0.1, 0.15) is 26.7 Å². The lowest BCUT2D eigenvalue weighted by atomic mass is 10.0. The summed E-state index contributed by atoms with van der Waals surface area (Å²) in [6.45, 7) is 4.90. The molecule has 2 atom stereocenters. The molecule has 3 rings (SSSR count). The SMILES string of the molecule is C[C@H]1CC[C@H](C)P1c1ccccc1-c1ccccc1N(C)C. The summed E-state index contributed by atoms with van der Waals surface area (Å²) in [4.78, 5) is 2.22. The molecule has 0 bridgehead atoms. The van der Waals surface area contributed by atoms with Crippen LogP contribution in [0.3, 0.4) is 0 Å². The average molecular weight is 311 g/mol. The van der Waals surface area contributed by atoms with Crippen LogP contribution in [-0.4, -0.2) is 25.4 Å². The zero-order chi connectivity index (χ0) is 15.7. The van der Waals surface area contributed by atoms with Crippen molar-refractivity contribution >= 4 is 18.9 Å². The maximum absolute atomic E-state index is 2.45. The van der Waals surface area contributed by atoms with Gasteiger partial charge in [0.05, 0.1) is 0 Å². The van der Waals surface area contributed by atoms with E-state index in [-0.39, 0.29) is 7.92 Å². The number of hydrogen-bond donors (Lipinski definition) is 0. The van der Waals surface area contributed by atoms with Gasteiger partial charge >= 0.3 is 0 Å². The van der Waals surface area contributed by atoms with Crippen LogP contribution in [0.25, 0.3) is 11.1 Å². The van der Waals surface area contributed by atoms with Crippen molar-refractivity contribution in [1.29, 1.82) is 0 Å². The van der Waals surface area contributed by atoms with Gasteiger partial charge in [-0.25, -0.2) is 0 Å². The summed E-state index contributed by atoms with van der Waals surface area (Å²) in [7, 11) is 4.21. The average Bonchev–Trinajstić information content (AvgIpc) is 2.86. The fraction of sp³-hybridized carbons (Fsp3) is 0.400. The molecule has 116 valence electrons. The maximum atomic E-state index is 2.45. The van der Waals surface area contributed by atoms with Gasteiger partial charge in [0.25, 0.3) is 0 Å². The number of anilines is 1. The Morgan fingerprint density at radius 2 is 1.36 bits per heavy atom. The van der Waals surface area contributed by atoms with E-state index in [1.54, 1.807) is 5.30 Å². The molecule has 1 aliphatic heterocycles. The molecule has 0 spiro atoms. The van der Waals surface area contributed by atoms with Crippen molar-refractivity contribution < 1.29 is 0 Å². The Hall–Kier alpha value is -1.33. The Kier molecular flexibility index (Phi) is 4.54. The molecule has 0 aromatic heterocycles. The summed E-state index contributed by atoms with van der Waals surface area (Å²) in [5.41, 5.74) is 5.82. The second-order valence-corrected chi connectivity index (χ2v) is 9.67. The summed E-state index contributed by atoms with van der Waals surface area (Å²) in [5, 5.41) is 1.60. The number of benzene rings is 2. The van der Waals surface area contributed by atoms with Gasteiger partial charge in [0.1, 0.15) is 0 Å². The molecule has 1 fully saturated rings. The summed E-state index contributed by atoms with van der Waals surface area (Å²) in [5.74, 6) is 0. The molecular formula is C20H26NP. The van der Waals surface area contributed by atoms with Crippen LogP contribution in [0.15, 0.2) is 48.5 Å². The van der Waals surface area contributed by atoms with Crippen LogP contribution in [0.2, 0.25) is 0 Å². The largest absolute Gasteiger partial charge is 0.377 e. The van der Waals surface area contributed by atoms with Gasteiger partial charge in [-0.3, -0.25) is 0 Å². The van der Waals surface area contributed by atoms with Crippen LogP contribution >= 0.6 is 7.92 Å². The molecule has 0 saturated carbocycles. The minimum absolute atomic E-state index is 0.0572. The number of nitrogens with zero attached hydrogens (tertiary/aromatic N) is 1. The number of para-hydroxylation sites is 1. The van der Waals surface area contributed by atoms with E-state index in [2.05, 4.69) is 81.4 Å². The van der Waals surface area contributed by atoms with Crippen LogP contribution in [0.4, 0.5) is 5.69 Å². The Balaban J connectivity index is 2.14. The van der Waals surface area contributed by atoms with E-state index in [9.17, 15) is 0 Å². The highest BCUT2D eigenvalue weighted by atomic mass is 31.1. The summed E-state index contributed by atoms with van der Waals surface area (Å²) in [6.07, 6.45) is 2.77. The molecule has 2 aromatic rings. The molecule has 0 N–H and O–H groups in total. The lowest BCUT2D eigenvalue weighted by Crippen LogP contribution is -2.15. The fourth-order valence-electron chi connectivity index (χ4n) is 3.69. The second kappa shape index (κ2) is 6.42. The van der Waals surface area contributed by atoms with Crippen LogP contribution < -0.4 is 10.2 Å². The zero-order valence-electron chi connectivity index (χ0n) is 14.1. The first-order chi connectivity index (χ1) is 10.6. The fourth-order valence-corrected chi connectivity index (χ4v) is 7.09. The molecule has 0 amide bonds. The van der Waals surface area contributed by atoms with Crippen LogP contribution in [-0.2, 0) is 0 Å². The van der Waals surface area contributed by atoms with E-state index in [0.717, 1.165) is 11.3 Å². The van der Waals surface area contributed by atoms with E-state index >= 15 is 0 Å². The highest BCUT2D eigenvalue weighted by Gasteiger charge is 2.32. The van der Waals surface area contributed by atoms with Crippen molar-refractivity contribution in [2.45, 2.75) is 38.0 Å². The predicted molar refractivity (Wildman–Crippen MR) is 101 cm³/mol. The number of rotatable bonds is 3. The van der Waals surface area contributed by atoms with Crippen LogP contribution in [0, 0.1) is 0 Å². The van der Waals surface area contributed by atoms with E-state index in [1.165, 1.54) is 29.7 Å². The normalized spacial score (nSPS) is 22.0. The lowest BCUT2D eigenvalue weighted by molar-refractivity contribution is 0.777. The molecule has 2 aromatic carbocycles. The van der Waals surface area contributed by atoms with Gasteiger partial charge < -0.3 is 4.90 Å². The summed E-state index contributed by atoms with van der Waals surface area (Å²) >= 11 is 0. The molecule has 0 aliphatic carbocycles. The molecule has 1 nitrogen and oxygen atoms in total. The van der Waals surface area contributed by atoms with Gasteiger partial charge in [-0.05, 0) is 41.1 Å².